The number of methoxy groups -OCH3 is 1. The van der Waals surface area contributed by atoms with Crippen LogP contribution in [0.25, 0.3) is 0 Å². The summed E-state index contributed by atoms with van der Waals surface area (Å²) >= 11 is 0. The van der Waals surface area contributed by atoms with Crippen molar-refractivity contribution >= 4 is 5.78 Å². The van der Waals surface area contributed by atoms with E-state index in [0.717, 1.165) is 36.7 Å². The van der Waals surface area contributed by atoms with Crippen LogP contribution in [0.4, 0.5) is 0 Å². The largest absolute Gasteiger partial charge is 0.493 e. The smallest absolute Gasteiger partial charge is 0.174 e. The van der Waals surface area contributed by atoms with Crippen LogP contribution >= 0.6 is 0 Å². The Kier molecular flexibility index (Phi) is 2.20. The highest BCUT2D eigenvalue weighted by atomic mass is 16.5. The topological polar surface area (TPSA) is 35.5 Å². The van der Waals surface area contributed by atoms with Gasteiger partial charge in [-0.25, -0.2) is 0 Å². The first-order chi connectivity index (χ1) is 10.3. The van der Waals surface area contributed by atoms with Gasteiger partial charge < -0.3 is 9.47 Å². The van der Waals surface area contributed by atoms with Crippen LogP contribution in [0.1, 0.15) is 43.2 Å². The first-order valence-corrected chi connectivity index (χ1v) is 8.15. The summed E-state index contributed by atoms with van der Waals surface area (Å²) in [4.78, 5) is 12.6. The van der Waals surface area contributed by atoms with Gasteiger partial charge >= 0.3 is 0 Å². The predicted octanol–water partition coefficient (Wildman–Crippen LogP) is 3.03. The molecule has 3 heteroatoms. The minimum atomic E-state index is -0.246. The van der Waals surface area contributed by atoms with Crippen molar-refractivity contribution in [2.45, 2.75) is 50.0 Å². The summed E-state index contributed by atoms with van der Waals surface area (Å²) in [5.41, 5.74) is 2.71. The molecule has 1 spiro atoms. The lowest BCUT2D eigenvalue weighted by Gasteiger charge is -2.54. The molecule has 0 aromatic heterocycles. The van der Waals surface area contributed by atoms with Gasteiger partial charge in [0.15, 0.2) is 23.4 Å². The summed E-state index contributed by atoms with van der Waals surface area (Å²) in [5, 5.41) is 0. The van der Waals surface area contributed by atoms with Crippen LogP contribution in [0.3, 0.4) is 0 Å². The lowest BCUT2D eigenvalue weighted by Crippen LogP contribution is -2.58. The number of carbonyl (C=O) groups excluding carboxylic acids is 1. The van der Waals surface area contributed by atoms with Crippen LogP contribution in [0, 0.1) is 11.8 Å². The van der Waals surface area contributed by atoms with E-state index in [0.29, 0.717) is 18.1 Å². The normalized spacial score (nSPS) is 38.7. The van der Waals surface area contributed by atoms with E-state index in [4.69, 9.17) is 9.47 Å². The number of rotatable bonds is 1. The molecule has 0 saturated heterocycles. The molecule has 1 aromatic carbocycles. The molecule has 3 aliphatic carbocycles. The standard InChI is InChI=1S/C18H20O3/c1-20-14-7-4-11-9-10-3-2-8-18-12(10)5-6-13(19)17(18)21-16(14)15(11)18/h4,7,10,12,17H,2-3,5-6,8-9H2,1H3/t10?,12?,17-,18-/m1/s1. The third-order valence-corrected chi connectivity index (χ3v) is 6.47. The van der Waals surface area contributed by atoms with Gasteiger partial charge in [-0.3, -0.25) is 4.79 Å². The van der Waals surface area contributed by atoms with E-state index in [9.17, 15) is 4.79 Å². The molecular weight excluding hydrogens is 264 g/mol. The van der Waals surface area contributed by atoms with E-state index in [-0.39, 0.29) is 11.5 Å². The van der Waals surface area contributed by atoms with Crippen LogP contribution in [-0.2, 0) is 16.6 Å². The van der Waals surface area contributed by atoms with Gasteiger partial charge in [-0.1, -0.05) is 12.5 Å². The van der Waals surface area contributed by atoms with Gasteiger partial charge in [-0.05, 0) is 49.1 Å². The zero-order valence-corrected chi connectivity index (χ0v) is 12.4. The molecule has 4 aliphatic rings. The minimum Gasteiger partial charge on any atom is -0.493 e. The highest BCUT2D eigenvalue weighted by molar-refractivity contribution is 5.89. The first kappa shape index (κ1) is 12.1. The minimum absolute atomic E-state index is 0.0320. The fourth-order valence-corrected chi connectivity index (χ4v) is 5.82. The summed E-state index contributed by atoms with van der Waals surface area (Å²) in [6, 6.07) is 4.22. The average Bonchev–Trinajstić information content (AvgIpc) is 2.83. The Morgan fingerprint density at radius 3 is 3.10 bits per heavy atom. The molecular formula is C18H20O3. The van der Waals surface area contributed by atoms with Crippen LogP contribution in [-0.4, -0.2) is 19.0 Å². The molecule has 2 unspecified atom stereocenters. The molecule has 0 N–H and O–H groups in total. The number of benzene rings is 1. The third kappa shape index (κ3) is 1.25. The molecule has 0 radical (unpaired) electrons. The molecule has 1 heterocycles. The summed E-state index contributed by atoms with van der Waals surface area (Å²) in [6.07, 6.45) is 6.31. The van der Waals surface area contributed by atoms with Crippen molar-refractivity contribution in [3.8, 4) is 11.5 Å². The molecule has 110 valence electrons. The lowest BCUT2D eigenvalue weighted by atomic mass is 9.48. The number of Topliss-reactive ketones (excluding diaryl/α,β-unsaturated/α-hetero) is 1. The van der Waals surface area contributed by atoms with Gasteiger partial charge in [0.1, 0.15) is 0 Å². The van der Waals surface area contributed by atoms with E-state index in [1.54, 1.807) is 7.11 Å². The van der Waals surface area contributed by atoms with Crippen molar-refractivity contribution in [3.05, 3.63) is 23.3 Å². The molecule has 2 fully saturated rings. The van der Waals surface area contributed by atoms with Crippen molar-refractivity contribution < 1.29 is 14.3 Å². The molecule has 4 atom stereocenters. The van der Waals surface area contributed by atoms with Gasteiger partial charge in [-0.15, -0.1) is 0 Å². The fraction of sp³-hybridized carbons (Fsp3) is 0.611. The van der Waals surface area contributed by atoms with Crippen molar-refractivity contribution in [3.63, 3.8) is 0 Å². The van der Waals surface area contributed by atoms with Gasteiger partial charge in [0.25, 0.3) is 0 Å². The molecule has 21 heavy (non-hydrogen) atoms. The Morgan fingerprint density at radius 2 is 2.24 bits per heavy atom. The number of hydrogen-bond acceptors (Lipinski definition) is 3. The molecule has 1 aromatic rings. The van der Waals surface area contributed by atoms with Gasteiger partial charge in [-0.2, -0.15) is 0 Å². The van der Waals surface area contributed by atoms with E-state index >= 15 is 0 Å². The van der Waals surface area contributed by atoms with Crippen LogP contribution < -0.4 is 9.47 Å². The lowest BCUT2D eigenvalue weighted by molar-refractivity contribution is -0.136. The monoisotopic (exact) mass is 284 g/mol. The Morgan fingerprint density at radius 1 is 1.33 bits per heavy atom. The molecule has 0 amide bonds. The Balaban J connectivity index is 1.83. The summed E-state index contributed by atoms with van der Waals surface area (Å²) in [5.74, 6) is 3.35. The second-order valence-corrected chi connectivity index (χ2v) is 7.14. The fourth-order valence-electron chi connectivity index (χ4n) is 5.82. The zero-order valence-electron chi connectivity index (χ0n) is 12.4. The van der Waals surface area contributed by atoms with Crippen molar-refractivity contribution in [2.75, 3.05) is 7.11 Å². The molecule has 2 bridgehead atoms. The average molecular weight is 284 g/mol. The van der Waals surface area contributed by atoms with Crippen LogP contribution in [0.5, 0.6) is 11.5 Å². The number of ether oxygens (including phenoxy) is 2. The van der Waals surface area contributed by atoms with Gasteiger partial charge in [0.05, 0.1) is 7.11 Å². The van der Waals surface area contributed by atoms with Crippen molar-refractivity contribution in [2.24, 2.45) is 11.8 Å². The SMILES string of the molecule is COc1ccc2c3c1O[C@@H]1C(=O)CCC4C(CCC[C@]341)C2. The number of carbonyl (C=O) groups is 1. The van der Waals surface area contributed by atoms with E-state index in [2.05, 4.69) is 6.07 Å². The first-order valence-electron chi connectivity index (χ1n) is 8.15. The van der Waals surface area contributed by atoms with Gasteiger partial charge in [0, 0.05) is 17.4 Å². The molecule has 5 rings (SSSR count). The summed E-state index contributed by atoms with van der Waals surface area (Å²) in [7, 11) is 1.69. The molecule has 1 aliphatic heterocycles. The Labute approximate surface area is 124 Å². The highest BCUT2D eigenvalue weighted by Gasteiger charge is 2.64. The maximum Gasteiger partial charge on any atom is 0.174 e. The molecule has 2 saturated carbocycles. The summed E-state index contributed by atoms with van der Waals surface area (Å²) < 4.78 is 11.7. The third-order valence-electron chi connectivity index (χ3n) is 6.47. The van der Waals surface area contributed by atoms with Crippen molar-refractivity contribution in [1.29, 1.82) is 0 Å². The number of hydrogen-bond donors (Lipinski definition) is 0. The maximum absolute atomic E-state index is 12.6. The Bertz CT molecular complexity index is 650. The summed E-state index contributed by atoms with van der Waals surface area (Å²) in [6.45, 7) is 0. The molecule has 3 nitrogen and oxygen atoms in total. The van der Waals surface area contributed by atoms with E-state index in [1.165, 1.54) is 24.0 Å². The zero-order chi connectivity index (χ0) is 14.2. The quantitative estimate of drug-likeness (QED) is 0.795. The highest BCUT2D eigenvalue weighted by Crippen LogP contribution is 2.65. The second-order valence-electron chi connectivity index (χ2n) is 7.14. The van der Waals surface area contributed by atoms with E-state index < -0.39 is 0 Å². The van der Waals surface area contributed by atoms with Crippen molar-refractivity contribution in [1.82, 2.24) is 0 Å². The predicted molar refractivity (Wildman–Crippen MR) is 77.9 cm³/mol. The number of ketones is 1. The van der Waals surface area contributed by atoms with Crippen LogP contribution in [0.15, 0.2) is 12.1 Å². The van der Waals surface area contributed by atoms with E-state index in [1.807, 2.05) is 6.07 Å². The maximum atomic E-state index is 12.6. The van der Waals surface area contributed by atoms with Crippen LogP contribution in [0.2, 0.25) is 0 Å². The second kappa shape index (κ2) is 3.82. The Hall–Kier alpha value is -1.51. The van der Waals surface area contributed by atoms with Gasteiger partial charge in [0.2, 0.25) is 0 Å².